The van der Waals surface area contributed by atoms with Crippen molar-refractivity contribution in [3.63, 3.8) is 0 Å². The Balaban J connectivity index is 2.02. The van der Waals surface area contributed by atoms with Crippen LogP contribution >= 0.6 is 0 Å². The minimum Gasteiger partial charge on any atom is -0.491 e. The number of aryl methyl sites for hydroxylation is 1. The Hall–Kier alpha value is -2.92. The number of nitriles is 1. The van der Waals surface area contributed by atoms with Crippen molar-refractivity contribution < 1.29 is 19.4 Å². The van der Waals surface area contributed by atoms with E-state index in [0.29, 0.717) is 5.75 Å². The Bertz CT molecular complexity index is 740. The number of aliphatic hydroxyl groups excluding tert-OH is 1. The molecule has 1 saturated heterocycles. The first-order valence-electron chi connectivity index (χ1n) is 7.72. The van der Waals surface area contributed by atoms with E-state index in [0.717, 1.165) is 15.4 Å². The number of hydrogen-bond acceptors (Lipinski definition) is 6. The average Bonchev–Trinajstić information content (AvgIpc) is 2.60. The van der Waals surface area contributed by atoms with Crippen molar-refractivity contribution in [1.29, 1.82) is 5.26 Å². The van der Waals surface area contributed by atoms with E-state index in [1.54, 1.807) is 6.07 Å². The molecule has 132 valence electrons. The summed E-state index contributed by atoms with van der Waals surface area (Å²) >= 11 is 0. The second-order valence-electron chi connectivity index (χ2n) is 5.78. The van der Waals surface area contributed by atoms with E-state index in [9.17, 15) is 20.0 Å². The zero-order valence-corrected chi connectivity index (χ0v) is 14.3. The van der Waals surface area contributed by atoms with Crippen LogP contribution in [0.2, 0.25) is 0 Å². The molecular weight excluding hydrogens is 324 g/mol. The first-order chi connectivity index (χ1) is 11.8. The summed E-state index contributed by atoms with van der Waals surface area (Å²) in [4.78, 5) is 30.1. The number of nitrogens with zero attached hydrogens (tertiary/aromatic N) is 4. The predicted octanol–water partition coefficient (Wildman–Crippen LogP) is 0.797. The van der Waals surface area contributed by atoms with Crippen LogP contribution in [0.5, 0.6) is 5.75 Å². The van der Waals surface area contributed by atoms with Crippen molar-refractivity contribution in [2.75, 3.05) is 27.2 Å². The molecule has 1 aromatic rings. The minimum absolute atomic E-state index is 0.00294. The molecule has 1 aliphatic rings. The fraction of sp³-hybridized carbons (Fsp3) is 0.412. The summed E-state index contributed by atoms with van der Waals surface area (Å²) in [7, 11) is 2.75. The van der Waals surface area contributed by atoms with E-state index >= 15 is 0 Å². The van der Waals surface area contributed by atoms with Crippen molar-refractivity contribution in [2.24, 2.45) is 10.9 Å². The average molecular weight is 344 g/mol. The largest absolute Gasteiger partial charge is 0.491 e. The number of carbonyl (C=O) groups excluding carboxylic acids is 2. The van der Waals surface area contributed by atoms with E-state index < -0.39 is 24.0 Å². The van der Waals surface area contributed by atoms with Crippen molar-refractivity contribution in [3.05, 3.63) is 29.8 Å². The molecule has 0 bridgehead atoms. The maximum absolute atomic E-state index is 12.0. The lowest BCUT2D eigenvalue weighted by Crippen LogP contribution is -2.56. The van der Waals surface area contributed by atoms with Crippen molar-refractivity contribution in [1.82, 2.24) is 9.80 Å². The molecule has 25 heavy (non-hydrogen) atoms. The van der Waals surface area contributed by atoms with E-state index in [1.807, 2.05) is 31.2 Å². The Labute approximate surface area is 145 Å². The highest BCUT2D eigenvalue weighted by Crippen LogP contribution is 2.16. The topological polar surface area (TPSA) is 106 Å². The molecule has 8 heteroatoms. The molecular formula is C17H20N4O4. The lowest BCUT2D eigenvalue weighted by atomic mass is 10.1. The summed E-state index contributed by atoms with van der Waals surface area (Å²) in [6.45, 7) is 1.85. The molecule has 1 aliphatic heterocycles. The number of aliphatic imine (C=N–C) groups is 1. The first-order valence-corrected chi connectivity index (χ1v) is 7.72. The third-order valence-electron chi connectivity index (χ3n) is 3.78. The third-order valence-corrected chi connectivity index (χ3v) is 3.78. The summed E-state index contributed by atoms with van der Waals surface area (Å²) in [5, 5.41) is 19.2. The van der Waals surface area contributed by atoms with Crippen molar-refractivity contribution in [2.45, 2.75) is 13.0 Å². The fourth-order valence-corrected chi connectivity index (χ4v) is 2.37. The highest BCUT2D eigenvalue weighted by molar-refractivity contribution is 6.19. The zero-order valence-electron chi connectivity index (χ0n) is 14.3. The number of ether oxygens (including phenoxy) is 1. The van der Waals surface area contributed by atoms with Gasteiger partial charge in [0.15, 0.2) is 5.92 Å². The molecule has 1 fully saturated rings. The van der Waals surface area contributed by atoms with Crippen LogP contribution in [0.3, 0.4) is 0 Å². The smallest absolute Gasteiger partial charge is 0.331 e. The van der Waals surface area contributed by atoms with E-state index in [2.05, 4.69) is 4.99 Å². The van der Waals surface area contributed by atoms with Crippen LogP contribution in [0.15, 0.2) is 29.3 Å². The summed E-state index contributed by atoms with van der Waals surface area (Å²) in [6, 6.07) is 8.67. The van der Waals surface area contributed by atoms with Gasteiger partial charge in [0.05, 0.1) is 12.6 Å². The maximum atomic E-state index is 12.0. The summed E-state index contributed by atoms with van der Waals surface area (Å²) < 4.78 is 5.49. The standard InChI is InChI=1S/C17H20N4O4/c1-11-5-4-6-13(7-11)25-10-12(22)9-19-15-14(8-18)16(23)21(3)17(24)20(15)2/h4-7,12,14,22H,9-10H2,1-3H3. The van der Waals surface area contributed by atoms with Crippen LogP contribution in [0.4, 0.5) is 4.79 Å². The maximum Gasteiger partial charge on any atom is 0.331 e. The van der Waals surface area contributed by atoms with Crippen molar-refractivity contribution >= 4 is 17.8 Å². The molecule has 1 aromatic carbocycles. The molecule has 1 N–H and O–H groups in total. The molecule has 0 radical (unpaired) electrons. The molecule has 3 amide bonds. The Kier molecular flexibility index (Phi) is 5.72. The van der Waals surface area contributed by atoms with Gasteiger partial charge >= 0.3 is 6.03 Å². The molecule has 2 rings (SSSR count). The van der Waals surface area contributed by atoms with Gasteiger partial charge in [0.1, 0.15) is 24.3 Å². The number of imide groups is 1. The van der Waals surface area contributed by atoms with Crippen LogP contribution in [0.25, 0.3) is 0 Å². The Morgan fingerprint density at radius 1 is 1.36 bits per heavy atom. The number of aliphatic hydroxyl groups is 1. The molecule has 1 heterocycles. The molecule has 2 unspecified atom stereocenters. The van der Waals surface area contributed by atoms with Gasteiger partial charge in [0.25, 0.3) is 5.91 Å². The SMILES string of the molecule is Cc1cccc(OCC(O)CN=C2C(C#N)C(=O)N(C)C(=O)N2C)c1. The summed E-state index contributed by atoms with van der Waals surface area (Å²) in [5.41, 5.74) is 1.04. The second kappa shape index (κ2) is 7.77. The number of hydrogen-bond donors (Lipinski definition) is 1. The minimum atomic E-state index is -1.17. The van der Waals surface area contributed by atoms with Crippen molar-refractivity contribution in [3.8, 4) is 11.8 Å². The molecule has 0 aliphatic carbocycles. The van der Waals surface area contributed by atoms with Gasteiger partial charge in [0, 0.05) is 14.1 Å². The first kappa shape index (κ1) is 18.4. The van der Waals surface area contributed by atoms with E-state index in [-0.39, 0.29) is 19.0 Å². The number of rotatable bonds is 5. The molecule has 0 aromatic heterocycles. The van der Waals surface area contributed by atoms with Gasteiger partial charge in [-0.15, -0.1) is 0 Å². The van der Waals surface area contributed by atoms with Gasteiger partial charge < -0.3 is 9.84 Å². The number of urea groups is 1. The van der Waals surface area contributed by atoms with Crippen LogP contribution < -0.4 is 4.74 Å². The number of amides is 3. The number of amidine groups is 1. The van der Waals surface area contributed by atoms with Crippen LogP contribution in [0, 0.1) is 24.2 Å². The summed E-state index contributed by atoms with van der Waals surface area (Å²) in [6.07, 6.45) is -0.939. The van der Waals surface area contributed by atoms with Gasteiger partial charge in [-0.25, -0.2) is 4.79 Å². The quantitative estimate of drug-likeness (QED) is 0.850. The Morgan fingerprint density at radius 3 is 2.72 bits per heavy atom. The summed E-state index contributed by atoms with van der Waals surface area (Å²) in [5.74, 6) is -1.14. The number of carbonyl (C=O) groups is 2. The van der Waals surface area contributed by atoms with Crippen LogP contribution in [-0.4, -0.2) is 66.0 Å². The Morgan fingerprint density at radius 2 is 2.08 bits per heavy atom. The van der Waals surface area contributed by atoms with Gasteiger partial charge in [-0.2, -0.15) is 5.26 Å². The second-order valence-corrected chi connectivity index (χ2v) is 5.78. The highest BCUT2D eigenvalue weighted by Gasteiger charge is 2.40. The van der Waals surface area contributed by atoms with Gasteiger partial charge in [-0.3, -0.25) is 19.6 Å². The van der Waals surface area contributed by atoms with E-state index in [1.165, 1.54) is 14.1 Å². The lowest BCUT2D eigenvalue weighted by Gasteiger charge is -2.33. The lowest BCUT2D eigenvalue weighted by molar-refractivity contribution is -0.129. The highest BCUT2D eigenvalue weighted by atomic mass is 16.5. The normalized spacial score (nSPS) is 20.6. The van der Waals surface area contributed by atoms with E-state index in [4.69, 9.17) is 4.74 Å². The van der Waals surface area contributed by atoms with Gasteiger partial charge in [0.2, 0.25) is 0 Å². The zero-order chi connectivity index (χ0) is 18.6. The van der Waals surface area contributed by atoms with Gasteiger partial charge in [-0.05, 0) is 24.6 Å². The van der Waals surface area contributed by atoms with Crippen LogP contribution in [-0.2, 0) is 4.79 Å². The van der Waals surface area contributed by atoms with Gasteiger partial charge in [-0.1, -0.05) is 12.1 Å². The fourth-order valence-electron chi connectivity index (χ4n) is 2.37. The van der Waals surface area contributed by atoms with Crippen LogP contribution in [0.1, 0.15) is 5.56 Å². The molecule has 0 saturated carbocycles. The molecule has 2 atom stereocenters. The predicted molar refractivity (Wildman–Crippen MR) is 90.0 cm³/mol. The third kappa shape index (κ3) is 4.14. The molecule has 0 spiro atoms. The molecule has 8 nitrogen and oxygen atoms in total. The monoisotopic (exact) mass is 344 g/mol. The number of benzene rings is 1.